The van der Waals surface area contributed by atoms with Crippen molar-refractivity contribution in [2.75, 3.05) is 30.8 Å². The molecule has 4 nitrogen and oxygen atoms in total. The van der Waals surface area contributed by atoms with Crippen LogP contribution >= 0.6 is 0 Å². The summed E-state index contributed by atoms with van der Waals surface area (Å²) < 4.78 is 5.41. The molecule has 1 fully saturated rings. The lowest BCUT2D eigenvalue weighted by atomic mass is 10.0. The largest absolute Gasteiger partial charge is 0.382 e. The SMILES string of the molecule is Nc1ncccc1NCC1CCCOC1. The van der Waals surface area contributed by atoms with Gasteiger partial charge in [-0.25, -0.2) is 4.98 Å². The van der Waals surface area contributed by atoms with Crippen molar-refractivity contribution in [2.24, 2.45) is 5.92 Å². The summed E-state index contributed by atoms with van der Waals surface area (Å²) in [7, 11) is 0. The van der Waals surface area contributed by atoms with Crippen LogP contribution in [0.1, 0.15) is 12.8 Å². The lowest BCUT2D eigenvalue weighted by Crippen LogP contribution is -2.24. The quantitative estimate of drug-likeness (QED) is 0.788. The third-order valence-electron chi connectivity index (χ3n) is 2.67. The van der Waals surface area contributed by atoms with Crippen LogP contribution in [0.5, 0.6) is 0 Å². The third kappa shape index (κ3) is 2.83. The lowest BCUT2D eigenvalue weighted by Gasteiger charge is -2.22. The highest BCUT2D eigenvalue weighted by Crippen LogP contribution is 2.17. The minimum Gasteiger partial charge on any atom is -0.382 e. The number of aromatic nitrogens is 1. The van der Waals surface area contributed by atoms with Gasteiger partial charge < -0.3 is 15.8 Å². The van der Waals surface area contributed by atoms with E-state index in [4.69, 9.17) is 10.5 Å². The molecule has 1 aromatic rings. The van der Waals surface area contributed by atoms with Gasteiger partial charge in [0.05, 0.1) is 12.3 Å². The maximum atomic E-state index is 5.73. The number of ether oxygens (including phenoxy) is 1. The van der Waals surface area contributed by atoms with Crippen LogP contribution in [0.3, 0.4) is 0 Å². The number of nitrogens with zero attached hydrogens (tertiary/aromatic N) is 1. The van der Waals surface area contributed by atoms with Crippen LogP contribution in [0, 0.1) is 5.92 Å². The fraction of sp³-hybridized carbons (Fsp3) is 0.545. The van der Waals surface area contributed by atoms with E-state index < -0.39 is 0 Å². The smallest absolute Gasteiger partial charge is 0.146 e. The summed E-state index contributed by atoms with van der Waals surface area (Å²) in [5.74, 6) is 1.16. The molecule has 0 aromatic carbocycles. The number of hydrogen-bond acceptors (Lipinski definition) is 4. The van der Waals surface area contributed by atoms with Crippen molar-refractivity contribution < 1.29 is 4.74 Å². The van der Waals surface area contributed by atoms with Crippen molar-refractivity contribution in [2.45, 2.75) is 12.8 Å². The normalized spacial score (nSPS) is 21.2. The Morgan fingerprint density at radius 3 is 3.27 bits per heavy atom. The molecule has 1 saturated heterocycles. The van der Waals surface area contributed by atoms with Gasteiger partial charge in [-0.2, -0.15) is 0 Å². The Hall–Kier alpha value is -1.29. The Morgan fingerprint density at radius 1 is 1.60 bits per heavy atom. The maximum absolute atomic E-state index is 5.73. The highest BCUT2D eigenvalue weighted by atomic mass is 16.5. The van der Waals surface area contributed by atoms with Crippen molar-refractivity contribution in [1.82, 2.24) is 4.98 Å². The van der Waals surface area contributed by atoms with Crippen LogP contribution in [0.2, 0.25) is 0 Å². The second kappa shape index (κ2) is 4.98. The molecule has 0 bridgehead atoms. The molecular weight excluding hydrogens is 190 g/mol. The molecule has 1 unspecified atom stereocenters. The molecule has 0 radical (unpaired) electrons. The van der Waals surface area contributed by atoms with Crippen LogP contribution in [0.25, 0.3) is 0 Å². The number of rotatable bonds is 3. The van der Waals surface area contributed by atoms with E-state index in [1.165, 1.54) is 6.42 Å². The summed E-state index contributed by atoms with van der Waals surface area (Å²) >= 11 is 0. The van der Waals surface area contributed by atoms with E-state index >= 15 is 0 Å². The molecule has 0 aliphatic carbocycles. The lowest BCUT2D eigenvalue weighted by molar-refractivity contribution is 0.0595. The van der Waals surface area contributed by atoms with Gasteiger partial charge in [-0.15, -0.1) is 0 Å². The van der Waals surface area contributed by atoms with Gasteiger partial charge >= 0.3 is 0 Å². The van der Waals surface area contributed by atoms with Gasteiger partial charge in [-0.05, 0) is 30.9 Å². The Morgan fingerprint density at radius 2 is 2.53 bits per heavy atom. The van der Waals surface area contributed by atoms with E-state index in [2.05, 4.69) is 10.3 Å². The maximum Gasteiger partial charge on any atom is 0.146 e. The van der Waals surface area contributed by atoms with Gasteiger partial charge in [0.25, 0.3) is 0 Å². The summed E-state index contributed by atoms with van der Waals surface area (Å²) in [5.41, 5.74) is 6.65. The summed E-state index contributed by atoms with van der Waals surface area (Å²) in [6, 6.07) is 3.84. The van der Waals surface area contributed by atoms with E-state index in [0.717, 1.165) is 31.9 Å². The molecule has 0 spiro atoms. The first-order valence-electron chi connectivity index (χ1n) is 5.38. The molecule has 1 atom stereocenters. The Kier molecular flexibility index (Phi) is 3.40. The number of pyridine rings is 1. The number of nitrogens with two attached hydrogens (primary N) is 1. The zero-order chi connectivity index (χ0) is 10.5. The zero-order valence-electron chi connectivity index (χ0n) is 8.78. The Bertz CT molecular complexity index is 310. The summed E-state index contributed by atoms with van der Waals surface area (Å²) in [4.78, 5) is 4.03. The molecule has 4 heteroatoms. The van der Waals surface area contributed by atoms with E-state index in [1.54, 1.807) is 6.20 Å². The van der Waals surface area contributed by atoms with Crippen LogP contribution < -0.4 is 11.1 Å². The van der Waals surface area contributed by atoms with Crippen molar-refractivity contribution in [3.05, 3.63) is 18.3 Å². The molecule has 1 aliphatic rings. The highest BCUT2D eigenvalue weighted by molar-refractivity contribution is 5.60. The van der Waals surface area contributed by atoms with Crippen molar-refractivity contribution in [3.8, 4) is 0 Å². The van der Waals surface area contributed by atoms with Gasteiger partial charge in [0, 0.05) is 19.3 Å². The highest BCUT2D eigenvalue weighted by Gasteiger charge is 2.13. The molecule has 0 saturated carbocycles. The van der Waals surface area contributed by atoms with Gasteiger partial charge in [0.2, 0.25) is 0 Å². The first kappa shape index (κ1) is 10.2. The van der Waals surface area contributed by atoms with E-state index in [-0.39, 0.29) is 0 Å². The standard InChI is InChI=1S/C11H17N3O/c12-11-10(4-1-5-13-11)14-7-9-3-2-6-15-8-9/h1,4-5,9,14H,2-3,6-8H2,(H2,12,13). The third-order valence-corrected chi connectivity index (χ3v) is 2.67. The zero-order valence-corrected chi connectivity index (χ0v) is 8.78. The van der Waals surface area contributed by atoms with Crippen molar-refractivity contribution in [1.29, 1.82) is 0 Å². The van der Waals surface area contributed by atoms with E-state index in [0.29, 0.717) is 11.7 Å². The van der Waals surface area contributed by atoms with E-state index in [1.807, 2.05) is 12.1 Å². The molecule has 82 valence electrons. The summed E-state index contributed by atoms with van der Waals surface area (Å²) in [6.07, 6.45) is 4.09. The minimum absolute atomic E-state index is 0.564. The monoisotopic (exact) mass is 207 g/mol. The van der Waals surface area contributed by atoms with Crippen molar-refractivity contribution in [3.63, 3.8) is 0 Å². The Labute approximate surface area is 89.8 Å². The molecule has 15 heavy (non-hydrogen) atoms. The summed E-state index contributed by atoms with van der Waals surface area (Å²) in [6.45, 7) is 2.68. The second-order valence-electron chi connectivity index (χ2n) is 3.90. The van der Waals surface area contributed by atoms with E-state index in [9.17, 15) is 0 Å². The average molecular weight is 207 g/mol. The van der Waals surface area contributed by atoms with Gasteiger partial charge in [0.1, 0.15) is 5.82 Å². The number of hydrogen-bond donors (Lipinski definition) is 2. The van der Waals surface area contributed by atoms with Gasteiger partial charge in [-0.3, -0.25) is 0 Å². The predicted molar refractivity (Wildman–Crippen MR) is 60.7 cm³/mol. The number of nitrogen functional groups attached to an aromatic ring is 1. The fourth-order valence-electron chi connectivity index (χ4n) is 1.79. The molecule has 3 N–H and O–H groups in total. The fourth-order valence-corrected chi connectivity index (χ4v) is 1.79. The van der Waals surface area contributed by atoms with Crippen LogP contribution in [0.15, 0.2) is 18.3 Å². The molecule has 1 aliphatic heterocycles. The van der Waals surface area contributed by atoms with Crippen LogP contribution in [-0.4, -0.2) is 24.7 Å². The summed E-state index contributed by atoms with van der Waals surface area (Å²) in [5, 5.41) is 3.32. The molecule has 2 rings (SSSR count). The molecule has 1 aromatic heterocycles. The minimum atomic E-state index is 0.564. The molecule has 2 heterocycles. The average Bonchev–Trinajstić information content (AvgIpc) is 2.29. The van der Waals surface area contributed by atoms with Crippen molar-refractivity contribution >= 4 is 11.5 Å². The molecular formula is C11H17N3O. The first-order valence-corrected chi connectivity index (χ1v) is 5.38. The predicted octanol–water partition coefficient (Wildman–Crippen LogP) is 1.50. The number of anilines is 2. The second-order valence-corrected chi connectivity index (χ2v) is 3.90. The topological polar surface area (TPSA) is 60.2 Å². The Balaban J connectivity index is 1.84. The van der Waals surface area contributed by atoms with Crippen LogP contribution in [-0.2, 0) is 4.74 Å². The first-order chi connectivity index (χ1) is 7.36. The van der Waals surface area contributed by atoms with Gasteiger partial charge in [0.15, 0.2) is 0 Å². The number of nitrogens with one attached hydrogen (secondary N) is 1. The molecule has 0 amide bonds. The van der Waals surface area contributed by atoms with Crippen LogP contribution in [0.4, 0.5) is 11.5 Å². The van der Waals surface area contributed by atoms with Gasteiger partial charge in [-0.1, -0.05) is 0 Å².